The number of aliphatic carboxylic acids is 1. The standard InChI is InChI=1S/C38H24F3N3O5S/c1-38(47,37(45)46)27-13-9-22(10-14-27)24-5-3-6-25(19-24)35-34(33-26(21-42)7-4-8-31(33)43-2)30-20-28(39)15-18-32(30)44(35)50(48,49)29-16-11-23(12-17-29)36(40)41/h3-20,36,47H,1H3,(H,45,46). The molecule has 0 radical (unpaired) electrons. The highest BCUT2D eigenvalue weighted by Gasteiger charge is 2.33. The molecule has 0 aliphatic heterocycles. The van der Waals surface area contributed by atoms with Crippen LogP contribution in [0.4, 0.5) is 18.9 Å². The summed E-state index contributed by atoms with van der Waals surface area (Å²) >= 11 is 0. The molecule has 5 aromatic carbocycles. The molecule has 0 aliphatic carbocycles. The molecule has 8 nitrogen and oxygen atoms in total. The number of aliphatic hydroxyl groups is 1. The van der Waals surface area contributed by atoms with Gasteiger partial charge in [0.25, 0.3) is 16.4 Å². The number of alkyl halides is 2. The van der Waals surface area contributed by atoms with E-state index in [0.29, 0.717) is 11.1 Å². The van der Waals surface area contributed by atoms with Crippen molar-refractivity contribution < 1.29 is 36.6 Å². The van der Waals surface area contributed by atoms with E-state index in [1.54, 1.807) is 36.4 Å². The number of rotatable bonds is 8. The molecule has 2 N–H and O–H groups in total. The lowest BCUT2D eigenvalue weighted by Gasteiger charge is -2.19. The number of nitrogens with zero attached hydrogens (tertiary/aromatic N) is 3. The molecule has 248 valence electrons. The Labute approximate surface area is 284 Å². The Morgan fingerprint density at radius 1 is 0.900 bits per heavy atom. The van der Waals surface area contributed by atoms with Crippen LogP contribution in [0.2, 0.25) is 0 Å². The summed E-state index contributed by atoms with van der Waals surface area (Å²) in [6, 6.07) is 26.6. The van der Waals surface area contributed by atoms with Gasteiger partial charge in [0, 0.05) is 33.2 Å². The van der Waals surface area contributed by atoms with Crippen LogP contribution in [0.1, 0.15) is 30.0 Å². The third-order valence-corrected chi connectivity index (χ3v) is 10.2. The molecule has 1 heterocycles. The molecule has 0 saturated carbocycles. The van der Waals surface area contributed by atoms with E-state index < -0.39 is 39.4 Å². The minimum Gasteiger partial charge on any atom is -0.479 e. The van der Waals surface area contributed by atoms with Gasteiger partial charge in [-0.2, -0.15) is 5.26 Å². The predicted molar refractivity (Wildman–Crippen MR) is 180 cm³/mol. The first-order valence-electron chi connectivity index (χ1n) is 14.8. The number of benzene rings is 5. The Hall–Kier alpha value is -6.21. The second kappa shape index (κ2) is 12.7. The Morgan fingerprint density at radius 2 is 1.56 bits per heavy atom. The average molecular weight is 692 g/mol. The van der Waals surface area contributed by atoms with E-state index in [-0.39, 0.29) is 55.0 Å². The van der Waals surface area contributed by atoms with Crippen molar-refractivity contribution in [3.05, 3.63) is 143 Å². The van der Waals surface area contributed by atoms with E-state index in [9.17, 15) is 37.5 Å². The molecule has 0 bridgehead atoms. The van der Waals surface area contributed by atoms with E-state index in [1.807, 2.05) is 0 Å². The zero-order chi connectivity index (χ0) is 36.0. The van der Waals surface area contributed by atoms with E-state index in [0.717, 1.165) is 47.3 Å². The highest BCUT2D eigenvalue weighted by atomic mass is 32.2. The number of carboxylic acids is 1. The molecule has 50 heavy (non-hydrogen) atoms. The van der Waals surface area contributed by atoms with Crippen LogP contribution in [-0.4, -0.2) is 28.6 Å². The lowest BCUT2D eigenvalue weighted by Crippen LogP contribution is -2.31. The van der Waals surface area contributed by atoms with Crippen LogP contribution in [0.15, 0.2) is 114 Å². The summed E-state index contributed by atoms with van der Waals surface area (Å²) < 4.78 is 72.0. The molecule has 12 heteroatoms. The van der Waals surface area contributed by atoms with Gasteiger partial charge < -0.3 is 10.2 Å². The van der Waals surface area contributed by atoms with Crippen LogP contribution in [0.5, 0.6) is 0 Å². The molecule has 1 aromatic heterocycles. The normalized spacial score (nSPS) is 12.7. The topological polar surface area (TPSA) is 125 Å². The number of carboxylic acid groups (broad SMARTS) is 1. The van der Waals surface area contributed by atoms with E-state index in [4.69, 9.17) is 6.57 Å². The highest BCUT2D eigenvalue weighted by Crippen LogP contribution is 2.48. The second-order valence-corrected chi connectivity index (χ2v) is 13.3. The summed E-state index contributed by atoms with van der Waals surface area (Å²) in [5.74, 6) is -2.16. The number of nitriles is 1. The quantitative estimate of drug-likeness (QED) is 0.154. The molecule has 0 saturated heterocycles. The zero-order valence-corrected chi connectivity index (χ0v) is 26.8. The van der Waals surface area contributed by atoms with Gasteiger partial charge in [-0.25, -0.2) is 35.2 Å². The summed E-state index contributed by atoms with van der Waals surface area (Å²) in [7, 11) is -4.63. The third kappa shape index (κ3) is 5.66. The number of carbonyl (C=O) groups is 1. The molecular formula is C38H24F3N3O5S. The van der Waals surface area contributed by atoms with Gasteiger partial charge in [0.2, 0.25) is 0 Å². The van der Waals surface area contributed by atoms with Crippen molar-refractivity contribution >= 4 is 32.6 Å². The van der Waals surface area contributed by atoms with Crippen molar-refractivity contribution in [2.45, 2.75) is 23.8 Å². The molecule has 0 aliphatic rings. The van der Waals surface area contributed by atoms with E-state index in [2.05, 4.69) is 10.9 Å². The fourth-order valence-electron chi connectivity index (χ4n) is 5.84. The first-order valence-corrected chi connectivity index (χ1v) is 16.3. The minimum atomic E-state index is -4.63. The molecule has 0 amide bonds. The summed E-state index contributed by atoms with van der Waals surface area (Å²) in [4.78, 5) is 14.8. The SMILES string of the molecule is [C-]#[N+]c1cccc(C#N)c1-c1c(-c2cccc(-c3ccc(C(C)(O)C(=O)O)cc3)c2)n(S(=O)(=O)c2ccc(C(F)F)cc2)c2ccc(F)cc12. The van der Waals surface area contributed by atoms with Crippen LogP contribution in [0.3, 0.4) is 0 Å². The fourth-order valence-corrected chi connectivity index (χ4v) is 7.38. The lowest BCUT2D eigenvalue weighted by molar-refractivity contribution is -0.157. The Morgan fingerprint density at radius 3 is 2.18 bits per heavy atom. The van der Waals surface area contributed by atoms with Crippen molar-refractivity contribution in [3.63, 3.8) is 0 Å². The molecular weight excluding hydrogens is 667 g/mol. The monoisotopic (exact) mass is 691 g/mol. The van der Waals surface area contributed by atoms with Crippen molar-refractivity contribution in [2.24, 2.45) is 0 Å². The van der Waals surface area contributed by atoms with Crippen LogP contribution in [-0.2, 0) is 20.4 Å². The largest absolute Gasteiger partial charge is 0.479 e. The second-order valence-electron chi connectivity index (χ2n) is 11.5. The number of fused-ring (bicyclic) bond motifs is 1. The number of hydrogen-bond donors (Lipinski definition) is 2. The van der Waals surface area contributed by atoms with Gasteiger partial charge in [-0.05, 0) is 66.1 Å². The lowest BCUT2D eigenvalue weighted by atomic mass is 9.91. The highest BCUT2D eigenvalue weighted by molar-refractivity contribution is 7.90. The Bertz CT molecular complexity index is 2480. The predicted octanol–water partition coefficient (Wildman–Crippen LogP) is 8.67. The number of aromatic nitrogens is 1. The van der Waals surface area contributed by atoms with Crippen molar-refractivity contribution in [1.82, 2.24) is 3.97 Å². The van der Waals surface area contributed by atoms with Gasteiger partial charge in [-0.1, -0.05) is 66.7 Å². The first kappa shape index (κ1) is 33.7. The van der Waals surface area contributed by atoms with Gasteiger partial charge >= 0.3 is 5.97 Å². The molecule has 0 spiro atoms. The van der Waals surface area contributed by atoms with Gasteiger partial charge in [0.15, 0.2) is 11.3 Å². The van der Waals surface area contributed by atoms with Crippen LogP contribution >= 0.6 is 0 Å². The molecule has 1 atom stereocenters. The van der Waals surface area contributed by atoms with Gasteiger partial charge in [-0.15, -0.1) is 0 Å². The van der Waals surface area contributed by atoms with Crippen LogP contribution < -0.4 is 0 Å². The summed E-state index contributed by atoms with van der Waals surface area (Å²) in [6.07, 6.45) is -2.84. The van der Waals surface area contributed by atoms with Crippen LogP contribution in [0.25, 0.3) is 49.3 Å². The first-order chi connectivity index (χ1) is 23.8. The molecule has 6 aromatic rings. The molecule has 1 unspecified atom stereocenters. The van der Waals surface area contributed by atoms with Gasteiger partial charge in [0.1, 0.15) is 5.82 Å². The molecule has 0 fully saturated rings. The van der Waals surface area contributed by atoms with Gasteiger partial charge in [-0.3, -0.25) is 0 Å². The average Bonchev–Trinajstić information content (AvgIpc) is 3.45. The maximum Gasteiger partial charge on any atom is 0.340 e. The summed E-state index contributed by atoms with van der Waals surface area (Å²) in [6.45, 7) is 9.03. The van der Waals surface area contributed by atoms with Gasteiger partial charge in [0.05, 0.1) is 28.7 Å². The zero-order valence-electron chi connectivity index (χ0n) is 26.0. The molecule has 6 rings (SSSR count). The van der Waals surface area contributed by atoms with Crippen molar-refractivity contribution in [1.29, 1.82) is 5.26 Å². The summed E-state index contributed by atoms with van der Waals surface area (Å²) in [5, 5.41) is 30.1. The fraction of sp³-hybridized carbons (Fsp3) is 0.0789. The Balaban J connectivity index is 1.70. The number of halogens is 3. The maximum atomic E-state index is 15.0. The smallest absolute Gasteiger partial charge is 0.340 e. The maximum absolute atomic E-state index is 15.0. The number of hydrogen-bond acceptors (Lipinski definition) is 5. The minimum absolute atomic E-state index is 0.00340. The van der Waals surface area contributed by atoms with Crippen molar-refractivity contribution in [2.75, 3.05) is 0 Å². The van der Waals surface area contributed by atoms with Crippen molar-refractivity contribution in [3.8, 4) is 39.6 Å². The third-order valence-electron chi connectivity index (χ3n) is 8.42. The Kier molecular flexibility index (Phi) is 8.54. The van der Waals surface area contributed by atoms with E-state index in [1.165, 1.54) is 36.4 Å². The van der Waals surface area contributed by atoms with Crippen LogP contribution in [0, 0.1) is 23.7 Å². The van der Waals surface area contributed by atoms with E-state index >= 15 is 4.39 Å². The summed E-state index contributed by atoms with van der Waals surface area (Å²) in [5.41, 5.74) is -0.878.